The van der Waals surface area contributed by atoms with Crippen LogP contribution in [0.4, 0.5) is 0 Å². The fraction of sp³-hybridized carbons (Fsp3) is 0.556. The van der Waals surface area contributed by atoms with Crippen LogP contribution in [0.2, 0.25) is 0 Å². The van der Waals surface area contributed by atoms with E-state index < -0.39 is 11.5 Å². The molecular weight excluding hydrogens is 278 g/mol. The van der Waals surface area contributed by atoms with E-state index in [1.807, 2.05) is 18.2 Å². The summed E-state index contributed by atoms with van der Waals surface area (Å²) >= 11 is 0. The molecule has 2 aliphatic carbocycles. The van der Waals surface area contributed by atoms with Crippen molar-refractivity contribution >= 4 is 11.9 Å². The molecule has 0 aromatic heterocycles. The Balaban J connectivity index is 1.56. The largest absolute Gasteiger partial charge is 0.480 e. The molecule has 118 valence electrons. The van der Waals surface area contributed by atoms with Gasteiger partial charge in [-0.25, -0.2) is 4.79 Å². The molecule has 2 aliphatic rings. The van der Waals surface area contributed by atoms with Crippen LogP contribution in [0.15, 0.2) is 30.3 Å². The predicted molar refractivity (Wildman–Crippen MR) is 83.5 cm³/mol. The fourth-order valence-corrected chi connectivity index (χ4v) is 3.69. The lowest BCUT2D eigenvalue weighted by molar-refractivity contribution is -0.149. The minimum Gasteiger partial charge on any atom is -0.480 e. The number of rotatable bonds is 5. The molecule has 0 unspecified atom stereocenters. The average molecular weight is 301 g/mol. The van der Waals surface area contributed by atoms with Crippen molar-refractivity contribution in [2.24, 2.45) is 5.92 Å². The van der Waals surface area contributed by atoms with Gasteiger partial charge in [0.1, 0.15) is 5.54 Å². The van der Waals surface area contributed by atoms with E-state index in [9.17, 15) is 14.7 Å². The van der Waals surface area contributed by atoms with E-state index in [1.165, 1.54) is 5.56 Å². The van der Waals surface area contributed by atoms with Crippen LogP contribution < -0.4 is 5.32 Å². The second-order valence-corrected chi connectivity index (χ2v) is 6.71. The summed E-state index contributed by atoms with van der Waals surface area (Å²) in [6.45, 7) is 0. The van der Waals surface area contributed by atoms with Crippen molar-refractivity contribution < 1.29 is 14.7 Å². The first kappa shape index (κ1) is 15.1. The second kappa shape index (κ2) is 6.11. The first-order chi connectivity index (χ1) is 10.6. The SMILES string of the molecule is O=C(C[C@@H]1C[C@H]1c1ccccc1)NC1(C(=O)O)CCCCC1. The Morgan fingerprint density at radius 2 is 1.82 bits per heavy atom. The Morgan fingerprint density at radius 3 is 2.45 bits per heavy atom. The van der Waals surface area contributed by atoms with Gasteiger partial charge in [-0.1, -0.05) is 49.6 Å². The molecule has 2 N–H and O–H groups in total. The summed E-state index contributed by atoms with van der Waals surface area (Å²) in [6, 6.07) is 10.2. The number of aliphatic carboxylic acids is 1. The van der Waals surface area contributed by atoms with Crippen LogP contribution in [0.1, 0.15) is 56.4 Å². The van der Waals surface area contributed by atoms with E-state index >= 15 is 0 Å². The van der Waals surface area contributed by atoms with Gasteiger partial charge in [-0.15, -0.1) is 0 Å². The number of carbonyl (C=O) groups excluding carboxylic acids is 1. The molecule has 0 saturated heterocycles. The van der Waals surface area contributed by atoms with E-state index in [-0.39, 0.29) is 5.91 Å². The third-order valence-corrected chi connectivity index (χ3v) is 5.09. The minimum atomic E-state index is -1.02. The van der Waals surface area contributed by atoms with E-state index in [1.54, 1.807) is 0 Å². The zero-order chi connectivity index (χ0) is 15.6. The summed E-state index contributed by atoms with van der Waals surface area (Å²) in [4.78, 5) is 23.9. The van der Waals surface area contributed by atoms with Gasteiger partial charge < -0.3 is 10.4 Å². The number of hydrogen-bond acceptors (Lipinski definition) is 2. The third-order valence-electron chi connectivity index (χ3n) is 5.09. The maximum atomic E-state index is 12.3. The number of nitrogens with one attached hydrogen (secondary N) is 1. The zero-order valence-electron chi connectivity index (χ0n) is 12.8. The van der Waals surface area contributed by atoms with Gasteiger partial charge in [-0.3, -0.25) is 4.79 Å². The molecule has 2 saturated carbocycles. The molecule has 0 radical (unpaired) electrons. The molecule has 1 aromatic carbocycles. The van der Waals surface area contributed by atoms with Crippen molar-refractivity contribution in [1.29, 1.82) is 0 Å². The summed E-state index contributed by atoms with van der Waals surface area (Å²) < 4.78 is 0. The first-order valence-corrected chi connectivity index (χ1v) is 8.20. The molecule has 0 aliphatic heterocycles. The smallest absolute Gasteiger partial charge is 0.329 e. The highest BCUT2D eigenvalue weighted by Gasteiger charge is 2.44. The quantitative estimate of drug-likeness (QED) is 0.878. The lowest BCUT2D eigenvalue weighted by Crippen LogP contribution is -2.55. The van der Waals surface area contributed by atoms with Gasteiger partial charge in [0.05, 0.1) is 0 Å². The summed E-state index contributed by atoms with van der Waals surface area (Å²) in [5.74, 6) is -0.167. The zero-order valence-corrected chi connectivity index (χ0v) is 12.8. The van der Waals surface area contributed by atoms with Crippen LogP contribution in [-0.2, 0) is 9.59 Å². The topological polar surface area (TPSA) is 66.4 Å². The van der Waals surface area contributed by atoms with Crippen LogP contribution in [0.5, 0.6) is 0 Å². The highest BCUT2D eigenvalue weighted by molar-refractivity contribution is 5.87. The van der Waals surface area contributed by atoms with Crippen molar-refractivity contribution in [3.8, 4) is 0 Å². The molecule has 2 fully saturated rings. The molecule has 4 nitrogen and oxygen atoms in total. The van der Waals surface area contributed by atoms with E-state index in [0.29, 0.717) is 31.1 Å². The maximum Gasteiger partial charge on any atom is 0.329 e. The molecule has 0 bridgehead atoms. The summed E-state index contributed by atoms with van der Waals surface area (Å²) in [5, 5.41) is 12.3. The molecule has 1 aromatic rings. The van der Waals surface area contributed by atoms with Crippen LogP contribution in [0.25, 0.3) is 0 Å². The molecule has 22 heavy (non-hydrogen) atoms. The fourth-order valence-electron chi connectivity index (χ4n) is 3.69. The number of carbonyl (C=O) groups is 2. The van der Waals surface area contributed by atoms with E-state index in [4.69, 9.17) is 0 Å². The number of hydrogen-bond donors (Lipinski definition) is 2. The Hall–Kier alpha value is -1.84. The minimum absolute atomic E-state index is 0.104. The standard InChI is InChI=1S/C18H23NO3/c20-16(19-18(17(21)22)9-5-2-6-10-18)12-14-11-15(14)13-7-3-1-4-8-13/h1,3-4,7-8,14-15H,2,5-6,9-12H2,(H,19,20)(H,21,22)/t14-,15-/m0/s1. The lowest BCUT2D eigenvalue weighted by Gasteiger charge is -2.34. The summed E-state index contributed by atoms with van der Waals surface area (Å²) in [6.07, 6.45) is 5.39. The van der Waals surface area contributed by atoms with Gasteiger partial charge in [-0.05, 0) is 36.7 Å². The Morgan fingerprint density at radius 1 is 1.14 bits per heavy atom. The van der Waals surface area contributed by atoms with Crippen LogP contribution >= 0.6 is 0 Å². The van der Waals surface area contributed by atoms with Gasteiger partial charge in [0.25, 0.3) is 0 Å². The monoisotopic (exact) mass is 301 g/mol. The molecule has 3 rings (SSSR count). The van der Waals surface area contributed by atoms with Crippen molar-refractivity contribution in [2.45, 2.75) is 56.4 Å². The van der Waals surface area contributed by atoms with Crippen LogP contribution in [0, 0.1) is 5.92 Å². The highest BCUT2D eigenvalue weighted by Crippen LogP contribution is 2.49. The van der Waals surface area contributed by atoms with Gasteiger partial charge in [0.15, 0.2) is 0 Å². The van der Waals surface area contributed by atoms with Crippen molar-refractivity contribution in [1.82, 2.24) is 5.32 Å². The maximum absolute atomic E-state index is 12.3. The van der Waals surface area contributed by atoms with Crippen molar-refractivity contribution in [3.05, 3.63) is 35.9 Å². The van der Waals surface area contributed by atoms with Crippen LogP contribution in [-0.4, -0.2) is 22.5 Å². The number of carboxylic acid groups (broad SMARTS) is 1. The second-order valence-electron chi connectivity index (χ2n) is 6.71. The van der Waals surface area contributed by atoms with E-state index in [2.05, 4.69) is 17.4 Å². The van der Waals surface area contributed by atoms with Gasteiger partial charge >= 0.3 is 5.97 Å². The van der Waals surface area contributed by atoms with E-state index in [0.717, 1.165) is 25.7 Å². The van der Waals surface area contributed by atoms with Crippen molar-refractivity contribution in [3.63, 3.8) is 0 Å². The third kappa shape index (κ3) is 3.16. The summed E-state index contributed by atoms with van der Waals surface area (Å²) in [7, 11) is 0. The molecule has 2 atom stereocenters. The van der Waals surface area contributed by atoms with Gasteiger partial charge in [0.2, 0.25) is 5.91 Å². The average Bonchev–Trinajstić information content (AvgIpc) is 3.28. The summed E-state index contributed by atoms with van der Waals surface area (Å²) in [5.41, 5.74) is 0.262. The number of carboxylic acids is 1. The van der Waals surface area contributed by atoms with Crippen molar-refractivity contribution in [2.75, 3.05) is 0 Å². The Bertz CT molecular complexity index is 549. The number of benzene rings is 1. The van der Waals surface area contributed by atoms with Crippen LogP contribution in [0.3, 0.4) is 0 Å². The predicted octanol–water partition coefficient (Wildman–Crippen LogP) is 3.08. The molecule has 4 heteroatoms. The Labute approximate surface area is 130 Å². The number of amides is 1. The highest BCUT2D eigenvalue weighted by atomic mass is 16.4. The van der Waals surface area contributed by atoms with Gasteiger partial charge in [-0.2, -0.15) is 0 Å². The molecule has 1 amide bonds. The molecule has 0 spiro atoms. The first-order valence-electron chi connectivity index (χ1n) is 8.20. The normalized spacial score (nSPS) is 26.2. The molecule has 0 heterocycles. The van der Waals surface area contributed by atoms with Gasteiger partial charge in [0, 0.05) is 6.42 Å². The molecular formula is C18H23NO3. The Kier molecular flexibility index (Phi) is 4.19. The lowest BCUT2D eigenvalue weighted by atomic mass is 9.81.